The van der Waals surface area contributed by atoms with Crippen LogP contribution in [0.2, 0.25) is 5.15 Å². The van der Waals surface area contributed by atoms with E-state index in [4.69, 9.17) is 11.6 Å². The van der Waals surface area contributed by atoms with E-state index in [9.17, 15) is 4.79 Å². The third-order valence-corrected chi connectivity index (χ3v) is 4.54. The van der Waals surface area contributed by atoms with Crippen molar-refractivity contribution < 1.29 is 4.79 Å². The molecule has 21 heavy (non-hydrogen) atoms. The van der Waals surface area contributed by atoms with Crippen LogP contribution in [0.5, 0.6) is 0 Å². The molecule has 1 aromatic carbocycles. The SMILES string of the molecule is O=C(Nc1ccc(Sc2nc(Cl)cc(I)n2)cc1)C1CC1. The van der Waals surface area contributed by atoms with Crippen LogP contribution >= 0.6 is 46.0 Å². The minimum atomic E-state index is 0.114. The molecule has 1 aliphatic carbocycles. The number of amides is 1. The maximum atomic E-state index is 11.7. The summed E-state index contributed by atoms with van der Waals surface area (Å²) in [5.74, 6) is 0.323. The highest BCUT2D eigenvalue weighted by Crippen LogP contribution is 2.31. The lowest BCUT2D eigenvalue weighted by atomic mass is 10.3. The van der Waals surface area contributed by atoms with Crippen LogP contribution in [0.15, 0.2) is 40.4 Å². The molecule has 0 unspecified atom stereocenters. The fourth-order valence-electron chi connectivity index (χ4n) is 1.72. The van der Waals surface area contributed by atoms with Crippen LogP contribution in [0.1, 0.15) is 12.8 Å². The van der Waals surface area contributed by atoms with Gasteiger partial charge in [-0.2, -0.15) is 0 Å². The van der Waals surface area contributed by atoms with E-state index in [-0.39, 0.29) is 11.8 Å². The Bertz CT molecular complexity index is 656. The summed E-state index contributed by atoms with van der Waals surface area (Å²) in [4.78, 5) is 21.2. The van der Waals surface area contributed by atoms with E-state index >= 15 is 0 Å². The number of halogens is 2. The number of benzene rings is 1. The molecule has 0 radical (unpaired) electrons. The summed E-state index contributed by atoms with van der Waals surface area (Å²) in [6, 6.07) is 9.35. The van der Waals surface area contributed by atoms with Gasteiger partial charge in [0, 0.05) is 22.6 Å². The Balaban J connectivity index is 1.67. The standard InChI is InChI=1S/C14H11ClIN3OS/c15-11-7-12(16)19-14(18-11)21-10-5-3-9(4-6-10)17-13(20)8-1-2-8/h3-8H,1-2H2,(H,17,20). The third kappa shape index (κ3) is 4.31. The van der Waals surface area contributed by atoms with Crippen molar-refractivity contribution in [1.29, 1.82) is 0 Å². The fourth-order valence-corrected chi connectivity index (χ4v) is 3.59. The van der Waals surface area contributed by atoms with Gasteiger partial charge in [0.15, 0.2) is 5.16 Å². The Morgan fingerprint density at radius 1 is 1.29 bits per heavy atom. The molecule has 1 fully saturated rings. The number of anilines is 1. The van der Waals surface area contributed by atoms with Gasteiger partial charge in [-0.05, 0) is 71.5 Å². The first-order valence-electron chi connectivity index (χ1n) is 6.39. The topological polar surface area (TPSA) is 54.9 Å². The molecule has 1 saturated carbocycles. The molecule has 7 heteroatoms. The van der Waals surface area contributed by atoms with E-state index in [1.165, 1.54) is 11.8 Å². The largest absolute Gasteiger partial charge is 0.326 e. The van der Waals surface area contributed by atoms with Gasteiger partial charge in [0.1, 0.15) is 8.85 Å². The van der Waals surface area contributed by atoms with Gasteiger partial charge in [-0.1, -0.05) is 11.6 Å². The van der Waals surface area contributed by atoms with Crippen molar-refractivity contribution in [3.8, 4) is 0 Å². The van der Waals surface area contributed by atoms with Gasteiger partial charge >= 0.3 is 0 Å². The molecule has 3 rings (SSSR count). The molecule has 0 saturated heterocycles. The maximum Gasteiger partial charge on any atom is 0.227 e. The lowest BCUT2D eigenvalue weighted by molar-refractivity contribution is -0.117. The van der Waals surface area contributed by atoms with Crippen molar-refractivity contribution in [2.24, 2.45) is 5.92 Å². The number of hydrogen-bond acceptors (Lipinski definition) is 4. The Morgan fingerprint density at radius 3 is 2.62 bits per heavy atom. The summed E-state index contributed by atoms with van der Waals surface area (Å²) in [6.45, 7) is 0. The van der Waals surface area contributed by atoms with Gasteiger partial charge in [-0.3, -0.25) is 4.79 Å². The van der Waals surface area contributed by atoms with Gasteiger partial charge in [-0.25, -0.2) is 9.97 Å². The van der Waals surface area contributed by atoms with Crippen LogP contribution in [0.4, 0.5) is 5.69 Å². The molecule has 4 nitrogen and oxygen atoms in total. The zero-order valence-corrected chi connectivity index (χ0v) is 14.6. The van der Waals surface area contributed by atoms with Gasteiger partial charge < -0.3 is 5.32 Å². The minimum Gasteiger partial charge on any atom is -0.326 e. The molecule has 0 bridgehead atoms. The molecule has 1 aromatic heterocycles. The van der Waals surface area contributed by atoms with E-state index in [1.807, 2.05) is 24.3 Å². The second-order valence-electron chi connectivity index (χ2n) is 4.69. The summed E-state index contributed by atoms with van der Waals surface area (Å²) in [6.07, 6.45) is 2.01. The molecule has 0 atom stereocenters. The van der Waals surface area contributed by atoms with Crippen molar-refractivity contribution in [3.05, 3.63) is 39.2 Å². The average molecular weight is 432 g/mol. The number of carbonyl (C=O) groups is 1. The maximum absolute atomic E-state index is 11.7. The third-order valence-electron chi connectivity index (χ3n) is 2.92. The fraction of sp³-hybridized carbons (Fsp3) is 0.214. The van der Waals surface area contributed by atoms with E-state index < -0.39 is 0 Å². The molecule has 0 spiro atoms. The number of carbonyl (C=O) groups excluding carboxylic acids is 1. The number of nitrogens with one attached hydrogen (secondary N) is 1. The first-order valence-corrected chi connectivity index (χ1v) is 8.66. The molecule has 1 N–H and O–H groups in total. The molecule has 0 aliphatic heterocycles. The molecule has 1 aliphatic rings. The first kappa shape index (κ1) is 15.1. The summed E-state index contributed by atoms with van der Waals surface area (Å²) < 4.78 is 0.809. The summed E-state index contributed by atoms with van der Waals surface area (Å²) in [5.41, 5.74) is 0.817. The predicted octanol–water partition coefficient (Wildman–Crippen LogP) is 4.23. The van der Waals surface area contributed by atoms with E-state index in [0.29, 0.717) is 10.3 Å². The quantitative estimate of drug-likeness (QED) is 0.447. The van der Waals surface area contributed by atoms with Crippen molar-refractivity contribution in [3.63, 3.8) is 0 Å². The summed E-state index contributed by atoms with van der Waals surface area (Å²) >= 11 is 9.46. The predicted molar refractivity (Wildman–Crippen MR) is 91.7 cm³/mol. The normalized spacial score (nSPS) is 14.0. The highest BCUT2D eigenvalue weighted by atomic mass is 127. The van der Waals surface area contributed by atoms with Gasteiger partial charge in [-0.15, -0.1) is 0 Å². The number of nitrogens with zero attached hydrogens (tertiary/aromatic N) is 2. The van der Waals surface area contributed by atoms with Crippen LogP contribution in [-0.2, 0) is 4.79 Å². The first-order chi connectivity index (χ1) is 10.1. The average Bonchev–Trinajstić information content (AvgIpc) is 3.24. The van der Waals surface area contributed by atoms with Gasteiger partial charge in [0.25, 0.3) is 0 Å². The van der Waals surface area contributed by atoms with Crippen LogP contribution in [0.25, 0.3) is 0 Å². The van der Waals surface area contributed by atoms with Crippen molar-refractivity contribution in [2.75, 3.05) is 5.32 Å². The highest BCUT2D eigenvalue weighted by Gasteiger charge is 2.29. The molecule has 108 valence electrons. The van der Waals surface area contributed by atoms with Crippen molar-refractivity contribution in [1.82, 2.24) is 9.97 Å². The molecule has 1 amide bonds. The zero-order chi connectivity index (χ0) is 14.8. The van der Waals surface area contributed by atoms with Crippen LogP contribution in [0.3, 0.4) is 0 Å². The van der Waals surface area contributed by atoms with Gasteiger partial charge in [0.2, 0.25) is 5.91 Å². The molecular weight excluding hydrogens is 421 g/mol. The van der Waals surface area contributed by atoms with Gasteiger partial charge in [0.05, 0.1) is 0 Å². The smallest absolute Gasteiger partial charge is 0.227 e. The molecule has 2 aromatic rings. The Morgan fingerprint density at radius 2 is 2.00 bits per heavy atom. The lowest BCUT2D eigenvalue weighted by Crippen LogP contribution is -2.12. The summed E-state index contributed by atoms with van der Waals surface area (Å²) in [5, 5.41) is 3.96. The number of aromatic nitrogens is 2. The van der Waals surface area contributed by atoms with Crippen molar-refractivity contribution in [2.45, 2.75) is 22.9 Å². The zero-order valence-electron chi connectivity index (χ0n) is 10.8. The number of rotatable bonds is 4. The van der Waals surface area contributed by atoms with E-state index in [1.54, 1.807) is 6.07 Å². The lowest BCUT2D eigenvalue weighted by Gasteiger charge is -2.05. The Labute approximate surface area is 145 Å². The Kier molecular flexibility index (Phi) is 4.66. The summed E-state index contributed by atoms with van der Waals surface area (Å²) in [7, 11) is 0. The van der Waals surface area contributed by atoms with Crippen LogP contribution in [0, 0.1) is 9.62 Å². The van der Waals surface area contributed by atoms with E-state index in [0.717, 1.165) is 27.1 Å². The highest BCUT2D eigenvalue weighted by molar-refractivity contribution is 14.1. The molecule has 1 heterocycles. The number of hydrogen-bond donors (Lipinski definition) is 1. The van der Waals surface area contributed by atoms with Crippen molar-refractivity contribution >= 4 is 57.5 Å². The van der Waals surface area contributed by atoms with E-state index in [2.05, 4.69) is 37.9 Å². The monoisotopic (exact) mass is 431 g/mol. The second-order valence-corrected chi connectivity index (χ2v) is 7.22. The Hall–Kier alpha value is -0.860. The minimum absolute atomic E-state index is 0.114. The second kappa shape index (κ2) is 6.50. The van der Waals surface area contributed by atoms with Crippen LogP contribution in [-0.4, -0.2) is 15.9 Å². The van der Waals surface area contributed by atoms with Crippen LogP contribution < -0.4 is 5.32 Å². The molecular formula is C14H11ClIN3OS.